The molecule has 6 heteroatoms. The van der Waals surface area contributed by atoms with Crippen LogP contribution in [0.3, 0.4) is 0 Å². The molecule has 3 nitrogen and oxygen atoms in total. The van der Waals surface area contributed by atoms with Gasteiger partial charge in [0.25, 0.3) is 0 Å². The van der Waals surface area contributed by atoms with E-state index in [0.717, 1.165) is 46.2 Å². The Hall–Kier alpha value is 0.0300. The standard InChI is InChI=1S/C15H15I3O3/c16-13-10(4-1-7-19)14(17)12(6-3-9-21)15(18)11(13)5-2-8-20/h1-3,7-9,19-21H,4-6H2. The molecule has 0 saturated heterocycles. The van der Waals surface area contributed by atoms with E-state index in [1.165, 1.54) is 0 Å². The summed E-state index contributed by atoms with van der Waals surface area (Å²) in [5.74, 6) is 0. The van der Waals surface area contributed by atoms with E-state index in [1.54, 1.807) is 18.2 Å². The van der Waals surface area contributed by atoms with E-state index < -0.39 is 0 Å². The molecule has 0 saturated carbocycles. The van der Waals surface area contributed by atoms with Crippen LogP contribution < -0.4 is 0 Å². The van der Waals surface area contributed by atoms with Crippen molar-refractivity contribution in [2.45, 2.75) is 19.3 Å². The lowest BCUT2D eigenvalue weighted by atomic mass is 9.99. The van der Waals surface area contributed by atoms with Crippen molar-refractivity contribution in [1.82, 2.24) is 0 Å². The number of halogens is 3. The van der Waals surface area contributed by atoms with Gasteiger partial charge in [0.1, 0.15) is 0 Å². The third kappa shape index (κ3) is 5.02. The molecule has 1 rings (SSSR count). The molecular weight excluding hydrogens is 609 g/mol. The van der Waals surface area contributed by atoms with Crippen molar-refractivity contribution in [1.29, 1.82) is 0 Å². The molecule has 0 heterocycles. The molecule has 0 atom stereocenters. The second kappa shape index (κ2) is 9.93. The summed E-state index contributed by atoms with van der Waals surface area (Å²) in [6.07, 6.45) is 10.3. The third-order valence-corrected chi connectivity index (χ3v) is 6.78. The summed E-state index contributed by atoms with van der Waals surface area (Å²) in [5.41, 5.74) is 3.47. The zero-order valence-electron chi connectivity index (χ0n) is 11.1. The molecule has 0 bridgehead atoms. The molecule has 21 heavy (non-hydrogen) atoms. The summed E-state index contributed by atoms with van der Waals surface area (Å²) in [7, 11) is 0. The topological polar surface area (TPSA) is 60.7 Å². The van der Waals surface area contributed by atoms with Gasteiger partial charge in [-0.2, -0.15) is 0 Å². The summed E-state index contributed by atoms with van der Waals surface area (Å²) in [6.45, 7) is 0. The van der Waals surface area contributed by atoms with E-state index in [0.29, 0.717) is 19.3 Å². The Balaban J connectivity index is 3.48. The zero-order valence-corrected chi connectivity index (χ0v) is 17.5. The van der Waals surface area contributed by atoms with Crippen LogP contribution in [0.2, 0.25) is 0 Å². The maximum atomic E-state index is 8.91. The molecular formula is C15H15I3O3. The van der Waals surface area contributed by atoms with Crippen molar-refractivity contribution in [3.05, 3.63) is 64.4 Å². The molecule has 0 aliphatic carbocycles. The number of allylic oxidation sites excluding steroid dienone is 3. The van der Waals surface area contributed by atoms with Crippen molar-refractivity contribution < 1.29 is 15.3 Å². The molecule has 0 amide bonds. The summed E-state index contributed by atoms with van der Waals surface area (Å²) >= 11 is 6.95. The number of benzene rings is 1. The minimum Gasteiger partial charge on any atom is -0.516 e. The molecule has 0 radical (unpaired) electrons. The van der Waals surface area contributed by atoms with Crippen molar-refractivity contribution in [3.8, 4) is 0 Å². The Morgan fingerprint density at radius 2 is 0.810 bits per heavy atom. The SMILES string of the molecule is OC=CCc1c(I)c(CC=CO)c(I)c(CC=CO)c1I. The van der Waals surface area contributed by atoms with Crippen LogP contribution in [0.5, 0.6) is 0 Å². The van der Waals surface area contributed by atoms with Crippen molar-refractivity contribution in [3.63, 3.8) is 0 Å². The maximum absolute atomic E-state index is 8.91. The van der Waals surface area contributed by atoms with Gasteiger partial charge in [-0.15, -0.1) is 0 Å². The van der Waals surface area contributed by atoms with Crippen LogP contribution in [-0.2, 0) is 19.3 Å². The Kier molecular flexibility index (Phi) is 9.02. The molecule has 0 aliphatic heterocycles. The highest BCUT2D eigenvalue weighted by atomic mass is 127. The summed E-state index contributed by atoms with van der Waals surface area (Å²) in [6, 6.07) is 0. The first-order chi connectivity index (χ1) is 10.1. The first-order valence-corrected chi connectivity index (χ1v) is 9.36. The average molecular weight is 624 g/mol. The third-order valence-electron chi connectivity index (χ3n) is 2.87. The minimum atomic E-state index is 0.648. The second-order valence-corrected chi connectivity index (χ2v) is 7.38. The molecule has 1 aromatic rings. The van der Waals surface area contributed by atoms with E-state index >= 15 is 0 Å². The van der Waals surface area contributed by atoms with E-state index in [2.05, 4.69) is 67.8 Å². The van der Waals surface area contributed by atoms with Crippen molar-refractivity contribution in [2.75, 3.05) is 0 Å². The molecule has 0 unspecified atom stereocenters. The van der Waals surface area contributed by atoms with E-state index in [-0.39, 0.29) is 0 Å². The minimum absolute atomic E-state index is 0.648. The Morgan fingerprint density at radius 1 is 0.571 bits per heavy atom. The highest BCUT2D eigenvalue weighted by Crippen LogP contribution is 2.33. The van der Waals surface area contributed by atoms with Crippen LogP contribution >= 0.6 is 67.8 Å². The largest absolute Gasteiger partial charge is 0.516 e. The highest BCUT2D eigenvalue weighted by molar-refractivity contribution is 14.1. The molecule has 0 fully saturated rings. The first-order valence-electron chi connectivity index (χ1n) is 6.13. The van der Waals surface area contributed by atoms with Crippen LogP contribution in [0.1, 0.15) is 16.7 Å². The van der Waals surface area contributed by atoms with Gasteiger partial charge in [-0.05, 0) is 122 Å². The van der Waals surface area contributed by atoms with E-state index in [4.69, 9.17) is 15.3 Å². The molecule has 0 aromatic heterocycles. The molecule has 114 valence electrons. The Bertz CT molecular complexity index is 476. The lowest BCUT2D eigenvalue weighted by molar-refractivity contribution is 0.471. The van der Waals surface area contributed by atoms with Gasteiger partial charge in [0.15, 0.2) is 0 Å². The number of hydrogen-bond donors (Lipinski definition) is 3. The van der Waals surface area contributed by atoms with Crippen molar-refractivity contribution >= 4 is 67.8 Å². The normalized spacial score (nSPS) is 12.1. The zero-order chi connectivity index (χ0) is 15.8. The first kappa shape index (κ1) is 19.1. The fraction of sp³-hybridized carbons (Fsp3) is 0.200. The quantitative estimate of drug-likeness (QED) is 0.296. The summed E-state index contributed by atoms with van der Waals surface area (Å²) in [5, 5.41) is 26.7. The lowest BCUT2D eigenvalue weighted by Crippen LogP contribution is -2.07. The number of aliphatic hydroxyl groups excluding tert-OH is 3. The van der Waals surface area contributed by atoms with Gasteiger partial charge in [0.05, 0.1) is 18.8 Å². The van der Waals surface area contributed by atoms with Crippen LogP contribution in [-0.4, -0.2) is 15.3 Å². The predicted molar refractivity (Wildman–Crippen MR) is 111 cm³/mol. The van der Waals surface area contributed by atoms with Gasteiger partial charge in [-0.1, -0.05) is 0 Å². The second-order valence-electron chi connectivity index (χ2n) is 4.14. The van der Waals surface area contributed by atoms with E-state index in [1.807, 2.05) is 0 Å². The van der Waals surface area contributed by atoms with Gasteiger partial charge < -0.3 is 15.3 Å². The molecule has 0 aliphatic rings. The highest BCUT2D eigenvalue weighted by Gasteiger charge is 2.18. The molecule has 1 aromatic carbocycles. The van der Waals surface area contributed by atoms with Gasteiger partial charge >= 0.3 is 0 Å². The smallest absolute Gasteiger partial charge is 0.0755 e. The Labute approximate surface area is 165 Å². The van der Waals surface area contributed by atoms with Crippen molar-refractivity contribution in [2.24, 2.45) is 0 Å². The van der Waals surface area contributed by atoms with Crippen LogP contribution in [0.25, 0.3) is 0 Å². The Morgan fingerprint density at radius 3 is 1.00 bits per heavy atom. The van der Waals surface area contributed by atoms with Crippen LogP contribution in [0, 0.1) is 10.7 Å². The maximum Gasteiger partial charge on any atom is 0.0755 e. The van der Waals surface area contributed by atoms with Gasteiger partial charge in [0.2, 0.25) is 0 Å². The molecule has 0 spiro atoms. The van der Waals surface area contributed by atoms with Gasteiger partial charge in [-0.25, -0.2) is 0 Å². The number of hydrogen-bond acceptors (Lipinski definition) is 3. The average Bonchev–Trinajstić information content (AvgIpc) is 2.47. The van der Waals surface area contributed by atoms with Crippen LogP contribution in [0.15, 0.2) is 37.0 Å². The summed E-state index contributed by atoms with van der Waals surface area (Å²) < 4.78 is 3.44. The fourth-order valence-electron chi connectivity index (χ4n) is 1.88. The number of aliphatic hydroxyl groups is 3. The van der Waals surface area contributed by atoms with Gasteiger partial charge in [0, 0.05) is 10.7 Å². The predicted octanol–water partition coefficient (Wildman–Crippen LogP) is 5.34. The monoisotopic (exact) mass is 624 g/mol. The molecule has 3 N–H and O–H groups in total. The number of rotatable bonds is 6. The van der Waals surface area contributed by atoms with E-state index in [9.17, 15) is 0 Å². The summed E-state index contributed by atoms with van der Waals surface area (Å²) in [4.78, 5) is 0. The lowest BCUT2D eigenvalue weighted by Gasteiger charge is -2.17. The van der Waals surface area contributed by atoms with Crippen LogP contribution in [0.4, 0.5) is 0 Å². The fourth-order valence-corrected chi connectivity index (χ4v) is 6.37. The van der Waals surface area contributed by atoms with Gasteiger partial charge in [-0.3, -0.25) is 0 Å².